The minimum absolute atomic E-state index is 0.167. The lowest BCUT2D eigenvalue weighted by molar-refractivity contribution is -0.00236. The highest BCUT2D eigenvalue weighted by atomic mass is 16.3. The van der Waals surface area contributed by atoms with Crippen molar-refractivity contribution < 1.29 is 9.90 Å². The Morgan fingerprint density at radius 1 is 1.50 bits per heavy atom. The smallest absolute Gasteiger partial charge is 0.293 e. The van der Waals surface area contributed by atoms with Gasteiger partial charge in [-0.15, -0.1) is 5.10 Å². The quantitative estimate of drug-likeness (QED) is 0.708. The summed E-state index contributed by atoms with van der Waals surface area (Å²) in [5.41, 5.74) is -0.647. The maximum Gasteiger partial charge on any atom is 0.293 e. The Kier molecular flexibility index (Phi) is 2.67. The maximum absolute atomic E-state index is 11.9. The van der Waals surface area contributed by atoms with Crippen molar-refractivity contribution in [3.05, 3.63) is 11.6 Å². The molecule has 0 radical (unpaired) electrons. The number of carbonyl (C=O) groups excluding carboxylic acids is 1. The number of aromatic nitrogens is 3. The highest BCUT2D eigenvalue weighted by molar-refractivity contribution is 5.90. The predicted molar refractivity (Wildman–Crippen MR) is 56.9 cm³/mol. The molecule has 1 aromatic rings. The highest BCUT2D eigenvalue weighted by Gasteiger charge is 2.31. The average Bonchev–Trinajstić information content (AvgIpc) is 2.64. The number of aliphatic hydroxyl groups is 1. The van der Waals surface area contributed by atoms with Crippen LogP contribution in [-0.4, -0.2) is 49.8 Å². The van der Waals surface area contributed by atoms with E-state index in [4.69, 9.17) is 0 Å². The van der Waals surface area contributed by atoms with Crippen molar-refractivity contribution in [1.29, 1.82) is 0 Å². The molecule has 6 heteroatoms. The van der Waals surface area contributed by atoms with E-state index in [0.29, 0.717) is 31.8 Å². The lowest BCUT2D eigenvalue weighted by atomic mass is 9.94. The van der Waals surface area contributed by atoms with E-state index in [9.17, 15) is 9.90 Å². The number of carbonyl (C=O) groups is 1. The number of likely N-dealkylation sites (tertiary alicyclic amines) is 1. The summed E-state index contributed by atoms with van der Waals surface area (Å²) in [6, 6.07) is 0. The number of aryl methyl sites for hydroxylation is 1. The van der Waals surface area contributed by atoms with Crippen molar-refractivity contribution >= 4 is 5.91 Å². The molecule has 1 fully saturated rings. The van der Waals surface area contributed by atoms with Crippen LogP contribution in [0.25, 0.3) is 0 Å². The van der Waals surface area contributed by atoms with Gasteiger partial charge in [0.2, 0.25) is 5.82 Å². The molecule has 1 aliphatic rings. The van der Waals surface area contributed by atoms with E-state index in [1.807, 2.05) is 0 Å². The van der Waals surface area contributed by atoms with Crippen LogP contribution in [0, 0.1) is 6.92 Å². The molecule has 0 aliphatic carbocycles. The molecule has 0 saturated carbocycles. The van der Waals surface area contributed by atoms with Gasteiger partial charge in [0.1, 0.15) is 5.82 Å². The minimum Gasteiger partial charge on any atom is -0.390 e. The molecule has 2 N–H and O–H groups in total. The van der Waals surface area contributed by atoms with Crippen LogP contribution in [-0.2, 0) is 0 Å². The van der Waals surface area contributed by atoms with E-state index in [-0.39, 0.29) is 11.7 Å². The van der Waals surface area contributed by atoms with Crippen LogP contribution in [0.15, 0.2) is 0 Å². The topological polar surface area (TPSA) is 82.1 Å². The fourth-order valence-corrected chi connectivity index (χ4v) is 1.77. The van der Waals surface area contributed by atoms with Crippen LogP contribution in [0.3, 0.4) is 0 Å². The molecule has 0 atom stereocenters. The summed E-state index contributed by atoms with van der Waals surface area (Å²) < 4.78 is 0. The van der Waals surface area contributed by atoms with Crippen molar-refractivity contribution in [3.63, 3.8) is 0 Å². The first kappa shape index (κ1) is 11.1. The molecule has 2 heterocycles. The summed E-state index contributed by atoms with van der Waals surface area (Å²) in [4.78, 5) is 17.6. The maximum atomic E-state index is 11.9. The SMILES string of the molecule is Cc1nc(C(=O)N2CCC(C)(O)CC2)n[nH]1. The van der Waals surface area contributed by atoms with Crippen LogP contribution in [0.2, 0.25) is 0 Å². The Hall–Kier alpha value is -1.43. The molecule has 6 nitrogen and oxygen atoms in total. The van der Waals surface area contributed by atoms with Gasteiger partial charge in [0.15, 0.2) is 0 Å². The summed E-state index contributed by atoms with van der Waals surface area (Å²) in [5.74, 6) is 0.672. The number of hydrogen-bond acceptors (Lipinski definition) is 4. The zero-order valence-corrected chi connectivity index (χ0v) is 9.53. The molecule has 0 spiro atoms. The summed E-state index contributed by atoms with van der Waals surface area (Å²) >= 11 is 0. The second-order valence-electron chi connectivity index (χ2n) is 4.53. The van der Waals surface area contributed by atoms with Gasteiger partial charge in [-0.25, -0.2) is 4.98 Å². The molecule has 0 unspecified atom stereocenters. The van der Waals surface area contributed by atoms with Crippen molar-refractivity contribution in [2.24, 2.45) is 0 Å². The van der Waals surface area contributed by atoms with E-state index in [1.54, 1.807) is 18.7 Å². The lowest BCUT2D eigenvalue weighted by Crippen LogP contribution is -2.45. The first-order chi connectivity index (χ1) is 7.48. The van der Waals surface area contributed by atoms with Gasteiger partial charge < -0.3 is 10.0 Å². The molecule has 88 valence electrons. The average molecular weight is 224 g/mol. The van der Waals surface area contributed by atoms with Gasteiger partial charge in [0, 0.05) is 13.1 Å². The van der Waals surface area contributed by atoms with Crippen LogP contribution < -0.4 is 0 Å². The molecule has 2 rings (SSSR count). The summed E-state index contributed by atoms with van der Waals surface area (Å²) in [6.07, 6.45) is 1.20. The number of H-pyrrole nitrogens is 1. The Balaban J connectivity index is 2.02. The molecule has 0 bridgehead atoms. The van der Waals surface area contributed by atoms with Crippen molar-refractivity contribution in [2.75, 3.05) is 13.1 Å². The van der Waals surface area contributed by atoms with Gasteiger partial charge in [-0.2, -0.15) is 0 Å². The Morgan fingerprint density at radius 3 is 2.62 bits per heavy atom. The van der Waals surface area contributed by atoms with Crippen LogP contribution in [0.1, 0.15) is 36.2 Å². The van der Waals surface area contributed by atoms with Gasteiger partial charge in [-0.05, 0) is 26.7 Å². The van der Waals surface area contributed by atoms with Gasteiger partial charge in [-0.1, -0.05) is 0 Å². The highest BCUT2D eigenvalue weighted by Crippen LogP contribution is 2.21. The van der Waals surface area contributed by atoms with Gasteiger partial charge in [0.25, 0.3) is 5.91 Å². The van der Waals surface area contributed by atoms with E-state index in [1.165, 1.54) is 0 Å². The van der Waals surface area contributed by atoms with E-state index in [2.05, 4.69) is 15.2 Å². The first-order valence-electron chi connectivity index (χ1n) is 5.39. The third kappa shape index (κ3) is 2.21. The molecule has 1 aromatic heterocycles. The number of nitrogens with zero attached hydrogens (tertiary/aromatic N) is 3. The number of aromatic amines is 1. The molecular weight excluding hydrogens is 208 g/mol. The second kappa shape index (κ2) is 3.86. The second-order valence-corrected chi connectivity index (χ2v) is 4.53. The number of amides is 1. The van der Waals surface area contributed by atoms with Crippen molar-refractivity contribution in [2.45, 2.75) is 32.3 Å². The number of piperidine rings is 1. The van der Waals surface area contributed by atoms with Gasteiger partial charge >= 0.3 is 0 Å². The largest absolute Gasteiger partial charge is 0.390 e. The number of nitrogens with one attached hydrogen (secondary N) is 1. The zero-order valence-electron chi connectivity index (χ0n) is 9.53. The first-order valence-corrected chi connectivity index (χ1v) is 5.39. The van der Waals surface area contributed by atoms with E-state index < -0.39 is 5.60 Å². The Labute approximate surface area is 93.7 Å². The van der Waals surface area contributed by atoms with Crippen LogP contribution in [0.4, 0.5) is 0 Å². The third-order valence-electron chi connectivity index (χ3n) is 2.92. The fourth-order valence-electron chi connectivity index (χ4n) is 1.77. The van der Waals surface area contributed by atoms with Crippen LogP contribution in [0.5, 0.6) is 0 Å². The van der Waals surface area contributed by atoms with Crippen molar-refractivity contribution in [3.8, 4) is 0 Å². The molecule has 16 heavy (non-hydrogen) atoms. The molecule has 1 aliphatic heterocycles. The van der Waals surface area contributed by atoms with E-state index in [0.717, 1.165) is 0 Å². The summed E-state index contributed by atoms with van der Waals surface area (Å²) in [5, 5.41) is 16.3. The Bertz CT molecular complexity index is 389. The third-order valence-corrected chi connectivity index (χ3v) is 2.92. The van der Waals surface area contributed by atoms with E-state index >= 15 is 0 Å². The Morgan fingerprint density at radius 2 is 2.12 bits per heavy atom. The monoisotopic (exact) mass is 224 g/mol. The fraction of sp³-hybridized carbons (Fsp3) is 0.700. The predicted octanol–water partition coefficient (Wildman–Crippen LogP) is 0.100. The summed E-state index contributed by atoms with van der Waals surface area (Å²) in [6.45, 7) is 4.66. The molecule has 1 saturated heterocycles. The minimum atomic E-state index is -0.647. The van der Waals surface area contributed by atoms with Gasteiger partial charge in [-0.3, -0.25) is 9.89 Å². The van der Waals surface area contributed by atoms with Crippen LogP contribution >= 0.6 is 0 Å². The standard InChI is InChI=1S/C10H16N4O2/c1-7-11-8(13-12-7)9(15)14-5-3-10(2,16)4-6-14/h16H,3-6H2,1-2H3,(H,11,12,13). The van der Waals surface area contributed by atoms with Crippen molar-refractivity contribution in [1.82, 2.24) is 20.1 Å². The normalized spacial score (nSPS) is 19.8. The number of rotatable bonds is 1. The molecule has 1 amide bonds. The summed E-state index contributed by atoms with van der Waals surface area (Å²) in [7, 11) is 0. The molecule has 0 aromatic carbocycles. The number of hydrogen-bond donors (Lipinski definition) is 2. The van der Waals surface area contributed by atoms with Gasteiger partial charge in [0.05, 0.1) is 5.60 Å². The molecular formula is C10H16N4O2. The zero-order chi connectivity index (χ0) is 11.8. The lowest BCUT2D eigenvalue weighted by Gasteiger charge is -2.35.